The third kappa shape index (κ3) is 4.12. The zero-order valence-corrected chi connectivity index (χ0v) is 14.9. The van der Waals surface area contributed by atoms with Crippen LogP contribution in [0.25, 0.3) is 11.5 Å². The highest BCUT2D eigenvalue weighted by Crippen LogP contribution is 2.28. The van der Waals surface area contributed by atoms with E-state index in [1.54, 1.807) is 49.4 Å². The first-order valence-electron chi connectivity index (χ1n) is 7.74. The fraction of sp³-hybridized carbons (Fsp3) is 0.167. The lowest BCUT2D eigenvalue weighted by Crippen LogP contribution is -2.30. The molecule has 7 nitrogen and oxygen atoms in total. The Bertz CT molecular complexity index is 882. The van der Waals surface area contributed by atoms with E-state index in [-0.39, 0.29) is 5.91 Å². The normalized spacial score (nSPS) is 11.7. The molecule has 1 atom stereocenters. The van der Waals surface area contributed by atoms with Gasteiger partial charge in [0.05, 0.1) is 12.8 Å². The number of ether oxygens (including phenoxy) is 2. The first-order valence-corrected chi connectivity index (χ1v) is 8.12. The van der Waals surface area contributed by atoms with E-state index in [9.17, 15) is 4.79 Å². The molecule has 0 saturated heterocycles. The van der Waals surface area contributed by atoms with Crippen molar-refractivity contribution in [3.63, 3.8) is 0 Å². The van der Waals surface area contributed by atoms with E-state index in [1.807, 2.05) is 0 Å². The third-order valence-electron chi connectivity index (χ3n) is 3.56. The first-order chi connectivity index (χ1) is 12.6. The van der Waals surface area contributed by atoms with Crippen molar-refractivity contribution >= 4 is 23.2 Å². The van der Waals surface area contributed by atoms with Crippen LogP contribution in [0.15, 0.2) is 53.3 Å². The molecule has 0 saturated carbocycles. The molecule has 0 unspecified atom stereocenters. The zero-order chi connectivity index (χ0) is 18.5. The monoisotopic (exact) mass is 373 g/mol. The number of carbonyl (C=O) groups is 1. The van der Waals surface area contributed by atoms with Crippen LogP contribution in [0, 0.1) is 0 Å². The molecule has 1 aromatic heterocycles. The number of amides is 1. The lowest BCUT2D eigenvalue weighted by molar-refractivity contribution is -0.122. The standard InChI is InChI=1S/C18H16ClN3O4/c1-11(17(23)21-15-9-13(19)5-8-16(15)24-2)26-14-6-3-12(4-7-14)18-22-20-10-25-18/h3-11H,1-2H3,(H,21,23)/t11-/m0/s1. The summed E-state index contributed by atoms with van der Waals surface area (Å²) in [6, 6.07) is 12.0. The summed E-state index contributed by atoms with van der Waals surface area (Å²) in [5, 5.41) is 10.7. The van der Waals surface area contributed by atoms with Gasteiger partial charge in [-0.25, -0.2) is 0 Å². The summed E-state index contributed by atoms with van der Waals surface area (Å²) < 4.78 is 16.0. The van der Waals surface area contributed by atoms with Gasteiger partial charge in [-0.05, 0) is 49.4 Å². The number of carbonyl (C=O) groups excluding carboxylic acids is 1. The average molecular weight is 374 g/mol. The van der Waals surface area contributed by atoms with Crippen LogP contribution in [0.2, 0.25) is 5.02 Å². The lowest BCUT2D eigenvalue weighted by Gasteiger charge is -2.16. The number of hydrogen-bond donors (Lipinski definition) is 1. The van der Waals surface area contributed by atoms with Crippen molar-refractivity contribution in [3.05, 3.63) is 53.9 Å². The minimum atomic E-state index is -0.729. The van der Waals surface area contributed by atoms with Gasteiger partial charge in [-0.1, -0.05) is 11.6 Å². The molecule has 0 bridgehead atoms. The molecular weight excluding hydrogens is 358 g/mol. The number of anilines is 1. The minimum absolute atomic E-state index is 0.327. The van der Waals surface area contributed by atoms with Gasteiger partial charge in [-0.3, -0.25) is 4.79 Å². The Hall–Kier alpha value is -3.06. The molecule has 8 heteroatoms. The molecule has 134 valence electrons. The summed E-state index contributed by atoms with van der Waals surface area (Å²) in [6.07, 6.45) is 0.531. The predicted molar refractivity (Wildman–Crippen MR) is 96.5 cm³/mol. The van der Waals surface area contributed by atoms with Crippen molar-refractivity contribution in [1.82, 2.24) is 10.2 Å². The highest BCUT2D eigenvalue weighted by atomic mass is 35.5. The molecule has 0 radical (unpaired) electrons. The number of methoxy groups -OCH3 is 1. The van der Waals surface area contributed by atoms with Crippen LogP contribution in [-0.2, 0) is 4.79 Å². The van der Waals surface area contributed by atoms with Crippen LogP contribution < -0.4 is 14.8 Å². The van der Waals surface area contributed by atoms with Crippen molar-refractivity contribution < 1.29 is 18.7 Å². The van der Waals surface area contributed by atoms with E-state index in [4.69, 9.17) is 25.5 Å². The summed E-state index contributed by atoms with van der Waals surface area (Å²) in [7, 11) is 1.52. The van der Waals surface area contributed by atoms with Gasteiger partial charge in [-0.15, -0.1) is 10.2 Å². The van der Waals surface area contributed by atoms with Gasteiger partial charge in [0.25, 0.3) is 5.91 Å². The average Bonchev–Trinajstić information content (AvgIpc) is 3.17. The summed E-state index contributed by atoms with van der Waals surface area (Å²) >= 11 is 5.97. The number of rotatable bonds is 6. The number of hydrogen-bond acceptors (Lipinski definition) is 6. The Morgan fingerprint density at radius 3 is 2.65 bits per heavy atom. The minimum Gasteiger partial charge on any atom is -0.495 e. The molecule has 0 aliphatic heterocycles. The molecule has 1 N–H and O–H groups in total. The Morgan fingerprint density at radius 1 is 1.23 bits per heavy atom. The molecule has 0 aliphatic carbocycles. The van der Waals surface area contributed by atoms with Gasteiger partial charge in [0, 0.05) is 10.6 Å². The van der Waals surface area contributed by atoms with E-state index in [0.29, 0.717) is 28.1 Å². The molecule has 0 spiro atoms. The Kier molecular flexibility index (Phi) is 5.38. The second-order valence-electron chi connectivity index (χ2n) is 5.36. The van der Waals surface area contributed by atoms with E-state index < -0.39 is 6.10 Å². The van der Waals surface area contributed by atoms with Crippen LogP contribution in [0.4, 0.5) is 5.69 Å². The van der Waals surface area contributed by atoms with E-state index in [0.717, 1.165) is 5.56 Å². The molecule has 1 heterocycles. The maximum atomic E-state index is 12.4. The smallest absolute Gasteiger partial charge is 0.265 e. The fourth-order valence-corrected chi connectivity index (χ4v) is 2.42. The number of nitrogens with one attached hydrogen (secondary N) is 1. The van der Waals surface area contributed by atoms with Crippen LogP contribution in [0.3, 0.4) is 0 Å². The van der Waals surface area contributed by atoms with E-state index in [1.165, 1.54) is 13.5 Å². The Morgan fingerprint density at radius 2 is 2.00 bits per heavy atom. The van der Waals surface area contributed by atoms with Crippen LogP contribution >= 0.6 is 11.6 Å². The number of aromatic nitrogens is 2. The molecular formula is C18H16ClN3O4. The maximum absolute atomic E-state index is 12.4. The molecule has 3 aromatic rings. The van der Waals surface area contributed by atoms with Crippen molar-refractivity contribution in [1.29, 1.82) is 0 Å². The molecule has 26 heavy (non-hydrogen) atoms. The van der Waals surface area contributed by atoms with Crippen molar-refractivity contribution in [3.8, 4) is 23.0 Å². The predicted octanol–water partition coefficient (Wildman–Crippen LogP) is 3.80. The number of benzene rings is 2. The second kappa shape index (κ2) is 7.88. The first kappa shape index (κ1) is 17.8. The van der Waals surface area contributed by atoms with Crippen LogP contribution in [0.1, 0.15) is 6.92 Å². The van der Waals surface area contributed by atoms with Gasteiger partial charge >= 0.3 is 0 Å². The van der Waals surface area contributed by atoms with Gasteiger partial charge in [0.15, 0.2) is 6.10 Å². The summed E-state index contributed by atoms with van der Waals surface area (Å²) in [4.78, 5) is 12.4. The largest absolute Gasteiger partial charge is 0.495 e. The maximum Gasteiger partial charge on any atom is 0.265 e. The quantitative estimate of drug-likeness (QED) is 0.707. The molecule has 3 rings (SSSR count). The Balaban J connectivity index is 1.65. The number of halogens is 1. The SMILES string of the molecule is COc1ccc(Cl)cc1NC(=O)[C@H](C)Oc1ccc(-c2nnco2)cc1. The molecule has 2 aromatic carbocycles. The molecule has 0 aliphatic rings. The summed E-state index contributed by atoms with van der Waals surface area (Å²) in [5.41, 5.74) is 1.24. The highest BCUT2D eigenvalue weighted by Gasteiger charge is 2.17. The molecule has 0 fully saturated rings. The van der Waals surface area contributed by atoms with Crippen molar-refractivity contribution in [2.45, 2.75) is 13.0 Å². The van der Waals surface area contributed by atoms with Gasteiger partial charge in [0.1, 0.15) is 11.5 Å². The van der Waals surface area contributed by atoms with E-state index >= 15 is 0 Å². The Labute approximate surface area is 154 Å². The highest BCUT2D eigenvalue weighted by molar-refractivity contribution is 6.31. The summed E-state index contributed by atoms with van der Waals surface area (Å²) in [6.45, 7) is 1.65. The molecule has 1 amide bonds. The van der Waals surface area contributed by atoms with Gasteiger partial charge < -0.3 is 19.2 Å². The van der Waals surface area contributed by atoms with Gasteiger partial charge in [0.2, 0.25) is 12.3 Å². The fourth-order valence-electron chi connectivity index (χ4n) is 2.24. The van der Waals surface area contributed by atoms with Crippen molar-refractivity contribution in [2.24, 2.45) is 0 Å². The van der Waals surface area contributed by atoms with E-state index in [2.05, 4.69) is 15.5 Å². The second-order valence-corrected chi connectivity index (χ2v) is 5.80. The van der Waals surface area contributed by atoms with Gasteiger partial charge in [-0.2, -0.15) is 0 Å². The number of nitrogens with zero attached hydrogens (tertiary/aromatic N) is 2. The zero-order valence-electron chi connectivity index (χ0n) is 14.1. The lowest BCUT2D eigenvalue weighted by atomic mass is 10.2. The topological polar surface area (TPSA) is 86.5 Å². The third-order valence-corrected chi connectivity index (χ3v) is 3.80. The van der Waals surface area contributed by atoms with Crippen molar-refractivity contribution in [2.75, 3.05) is 12.4 Å². The van der Waals surface area contributed by atoms with Crippen LogP contribution in [0.5, 0.6) is 11.5 Å². The summed E-state index contributed by atoms with van der Waals surface area (Å²) in [5.74, 6) is 1.13. The van der Waals surface area contributed by atoms with Crippen LogP contribution in [-0.4, -0.2) is 29.3 Å².